The number of methoxy groups -OCH3 is 1. The van der Waals surface area contributed by atoms with E-state index in [0.717, 1.165) is 5.56 Å². The Morgan fingerprint density at radius 1 is 1.07 bits per heavy atom. The maximum absolute atomic E-state index is 14.3. The zero-order chi connectivity index (χ0) is 21.9. The van der Waals surface area contributed by atoms with Crippen molar-refractivity contribution in [1.82, 2.24) is 5.32 Å². The molecule has 0 aromatic heterocycles. The minimum absolute atomic E-state index is 0.0199. The van der Waals surface area contributed by atoms with Crippen molar-refractivity contribution in [2.45, 2.75) is 44.6 Å². The predicted molar refractivity (Wildman–Crippen MR) is 115 cm³/mol. The number of benzene rings is 2. The summed E-state index contributed by atoms with van der Waals surface area (Å²) in [5.74, 6) is -2.11. The molecule has 0 saturated heterocycles. The van der Waals surface area contributed by atoms with Crippen LogP contribution in [0.1, 0.15) is 54.6 Å². The van der Waals surface area contributed by atoms with E-state index in [0.29, 0.717) is 17.5 Å². The molecule has 1 N–H and O–H groups in total. The van der Waals surface area contributed by atoms with Gasteiger partial charge in [0, 0.05) is 17.2 Å². The summed E-state index contributed by atoms with van der Waals surface area (Å²) in [7, 11) is 1.30. The number of nitrogens with one attached hydrogen (secondary N) is 1. The summed E-state index contributed by atoms with van der Waals surface area (Å²) in [6.07, 6.45) is 4.23. The second-order valence-electron chi connectivity index (χ2n) is 8.71. The molecular weight excluding hydrogens is 381 g/mol. The van der Waals surface area contributed by atoms with Gasteiger partial charge in [-0.15, -0.1) is 0 Å². The molecule has 0 saturated carbocycles. The van der Waals surface area contributed by atoms with Crippen LogP contribution in [0.25, 0.3) is 0 Å². The number of rotatable bonds is 5. The Morgan fingerprint density at radius 2 is 1.73 bits per heavy atom. The zero-order valence-corrected chi connectivity index (χ0v) is 17.8. The van der Waals surface area contributed by atoms with Crippen LogP contribution in [0, 0.1) is 11.7 Å². The van der Waals surface area contributed by atoms with Crippen LogP contribution in [-0.4, -0.2) is 25.0 Å². The summed E-state index contributed by atoms with van der Waals surface area (Å²) >= 11 is 0. The normalized spacial score (nSPS) is 19.4. The highest BCUT2D eigenvalue weighted by molar-refractivity contribution is 5.94. The van der Waals surface area contributed by atoms with Crippen molar-refractivity contribution in [3.63, 3.8) is 0 Å². The van der Waals surface area contributed by atoms with Gasteiger partial charge in [-0.05, 0) is 41.5 Å². The number of hydrogen-bond acceptors (Lipinski definition) is 3. The van der Waals surface area contributed by atoms with Crippen LogP contribution in [0.5, 0.6) is 0 Å². The molecule has 0 spiro atoms. The van der Waals surface area contributed by atoms with E-state index in [1.807, 2.05) is 36.4 Å². The fourth-order valence-electron chi connectivity index (χ4n) is 3.84. The summed E-state index contributed by atoms with van der Waals surface area (Å²) in [5.41, 5.74) is 2.07. The van der Waals surface area contributed by atoms with Gasteiger partial charge in [0.25, 0.3) is 5.91 Å². The molecule has 5 heteroatoms. The predicted octanol–water partition coefficient (Wildman–Crippen LogP) is 4.75. The largest absolute Gasteiger partial charge is 0.469 e. The molecule has 1 aliphatic carbocycles. The van der Waals surface area contributed by atoms with E-state index in [2.05, 4.69) is 26.1 Å². The lowest BCUT2D eigenvalue weighted by Crippen LogP contribution is -2.34. The molecule has 0 aliphatic heterocycles. The second-order valence-corrected chi connectivity index (χ2v) is 8.71. The summed E-state index contributed by atoms with van der Waals surface area (Å²) < 4.78 is 19.3. The molecule has 30 heavy (non-hydrogen) atoms. The molecule has 0 heterocycles. The molecule has 0 radical (unpaired) electrons. The van der Waals surface area contributed by atoms with Crippen LogP contribution >= 0.6 is 0 Å². The van der Waals surface area contributed by atoms with Crippen LogP contribution in [0.3, 0.4) is 0 Å². The fourth-order valence-corrected chi connectivity index (χ4v) is 3.84. The first-order valence-corrected chi connectivity index (χ1v) is 10.1. The van der Waals surface area contributed by atoms with Crippen molar-refractivity contribution < 1.29 is 18.7 Å². The lowest BCUT2D eigenvalue weighted by molar-refractivity contribution is -0.143. The first-order chi connectivity index (χ1) is 14.2. The van der Waals surface area contributed by atoms with Crippen LogP contribution < -0.4 is 5.32 Å². The standard InChI is InChI=1S/C25H28FNO3/c1-25(2,3)18-12-9-16(10-13-18)23(28)27-19-14-11-17(15-19)22(24(29)30-4)20-7-5-6-8-21(20)26/h5-14,17,19,22H,15H2,1-4H3,(H,27,28)/t17-,19+,22+/m1/s1. The van der Waals surface area contributed by atoms with E-state index in [9.17, 15) is 14.0 Å². The van der Waals surface area contributed by atoms with Crippen LogP contribution in [-0.2, 0) is 14.9 Å². The molecule has 0 unspecified atom stereocenters. The topological polar surface area (TPSA) is 55.4 Å². The molecular formula is C25H28FNO3. The highest BCUT2D eigenvalue weighted by Gasteiger charge is 2.35. The van der Waals surface area contributed by atoms with Crippen molar-refractivity contribution in [1.29, 1.82) is 0 Å². The van der Waals surface area contributed by atoms with Crippen molar-refractivity contribution in [2.75, 3.05) is 7.11 Å². The minimum Gasteiger partial charge on any atom is -0.469 e. The van der Waals surface area contributed by atoms with Crippen LogP contribution in [0.15, 0.2) is 60.7 Å². The van der Waals surface area contributed by atoms with Gasteiger partial charge in [0.15, 0.2) is 0 Å². The lowest BCUT2D eigenvalue weighted by Gasteiger charge is -2.22. The van der Waals surface area contributed by atoms with Gasteiger partial charge in [0.05, 0.1) is 13.0 Å². The molecule has 0 fully saturated rings. The Morgan fingerprint density at radius 3 is 2.33 bits per heavy atom. The molecule has 1 amide bonds. The van der Waals surface area contributed by atoms with Gasteiger partial charge in [-0.1, -0.05) is 63.3 Å². The molecule has 4 nitrogen and oxygen atoms in total. The number of esters is 1. The molecule has 3 rings (SSSR count). The molecule has 2 aromatic carbocycles. The van der Waals surface area contributed by atoms with Crippen molar-refractivity contribution in [2.24, 2.45) is 5.92 Å². The number of amides is 1. The second kappa shape index (κ2) is 8.82. The summed E-state index contributed by atoms with van der Waals surface area (Å²) in [4.78, 5) is 25.1. The number of halogens is 1. The van der Waals surface area contributed by atoms with Crippen LogP contribution in [0.4, 0.5) is 4.39 Å². The Bertz CT molecular complexity index is 944. The summed E-state index contributed by atoms with van der Waals surface area (Å²) in [6, 6.07) is 13.6. The van der Waals surface area contributed by atoms with E-state index in [4.69, 9.17) is 4.74 Å². The van der Waals surface area contributed by atoms with Gasteiger partial charge in [0.2, 0.25) is 0 Å². The van der Waals surface area contributed by atoms with Gasteiger partial charge in [-0.25, -0.2) is 4.39 Å². The number of hydrogen-bond donors (Lipinski definition) is 1. The van der Waals surface area contributed by atoms with Crippen molar-refractivity contribution in [3.05, 3.63) is 83.2 Å². The van der Waals surface area contributed by atoms with Gasteiger partial charge in [-0.3, -0.25) is 9.59 Å². The first kappa shape index (κ1) is 21.8. The summed E-state index contributed by atoms with van der Waals surface area (Å²) in [5, 5.41) is 2.99. The molecule has 158 valence electrons. The summed E-state index contributed by atoms with van der Waals surface area (Å²) in [6.45, 7) is 6.37. The number of carbonyl (C=O) groups is 2. The number of allylic oxidation sites excluding steroid dienone is 1. The van der Waals surface area contributed by atoms with E-state index in [1.165, 1.54) is 13.2 Å². The minimum atomic E-state index is -0.750. The Labute approximate surface area is 177 Å². The van der Waals surface area contributed by atoms with Gasteiger partial charge < -0.3 is 10.1 Å². The number of ether oxygens (including phenoxy) is 1. The number of carbonyl (C=O) groups excluding carboxylic acids is 2. The van der Waals surface area contributed by atoms with Crippen molar-refractivity contribution in [3.8, 4) is 0 Å². The third kappa shape index (κ3) is 4.78. The Hall–Kier alpha value is -2.95. The van der Waals surface area contributed by atoms with Gasteiger partial charge in [0.1, 0.15) is 5.82 Å². The lowest BCUT2D eigenvalue weighted by atomic mass is 9.85. The molecule has 3 atom stereocenters. The van der Waals surface area contributed by atoms with E-state index in [1.54, 1.807) is 18.2 Å². The average molecular weight is 410 g/mol. The maximum atomic E-state index is 14.3. The van der Waals surface area contributed by atoms with E-state index >= 15 is 0 Å². The highest BCUT2D eigenvalue weighted by atomic mass is 19.1. The molecule has 2 aromatic rings. The SMILES string of the molecule is COC(=O)[C@H](c1ccccc1F)[C@@H]1C=C[C@H](NC(=O)c2ccc(C(C)(C)C)cc2)C1. The van der Waals surface area contributed by atoms with E-state index < -0.39 is 17.7 Å². The first-order valence-electron chi connectivity index (χ1n) is 10.1. The van der Waals surface area contributed by atoms with Crippen LogP contribution in [0.2, 0.25) is 0 Å². The monoisotopic (exact) mass is 409 g/mol. The third-order valence-electron chi connectivity index (χ3n) is 5.57. The maximum Gasteiger partial charge on any atom is 0.313 e. The molecule has 0 bridgehead atoms. The quantitative estimate of drug-likeness (QED) is 0.573. The Kier molecular flexibility index (Phi) is 6.40. The van der Waals surface area contributed by atoms with Gasteiger partial charge >= 0.3 is 5.97 Å². The van der Waals surface area contributed by atoms with Crippen molar-refractivity contribution >= 4 is 11.9 Å². The average Bonchev–Trinajstić information content (AvgIpc) is 3.16. The van der Waals surface area contributed by atoms with Gasteiger partial charge in [-0.2, -0.15) is 0 Å². The fraction of sp³-hybridized carbons (Fsp3) is 0.360. The third-order valence-corrected chi connectivity index (χ3v) is 5.57. The zero-order valence-electron chi connectivity index (χ0n) is 17.8. The highest BCUT2D eigenvalue weighted by Crippen LogP contribution is 2.35. The smallest absolute Gasteiger partial charge is 0.313 e. The molecule has 1 aliphatic rings. The Balaban J connectivity index is 1.70. The van der Waals surface area contributed by atoms with E-state index in [-0.39, 0.29) is 23.3 Å².